The highest BCUT2D eigenvalue weighted by Gasteiger charge is 2.17. The topological polar surface area (TPSA) is 75.7 Å². The van der Waals surface area contributed by atoms with E-state index in [1.54, 1.807) is 36.8 Å². The molecule has 0 bridgehead atoms. The van der Waals surface area contributed by atoms with Crippen molar-refractivity contribution in [1.82, 2.24) is 25.5 Å². The summed E-state index contributed by atoms with van der Waals surface area (Å²) in [7, 11) is 0. The molecular weight excluding hydrogens is 381 g/mol. The normalized spacial score (nSPS) is 14.8. The van der Waals surface area contributed by atoms with E-state index in [4.69, 9.17) is 4.74 Å². The number of benzene rings is 1. The first-order valence-corrected chi connectivity index (χ1v) is 10.2. The van der Waals surface area contributed by atoms with Crippen LogP contribution in [0.25, 0.3) is 33.4 Å². The lowest BCUT2D eigenvalue weighted by Gasteiger charge is -2.23. The van der Waals surface area contributed by atoms with Gasteiger partial charge in [-0.1, -0.05) is 12.1 Å². The van der Waals surface area contributed by atoms with Gasteiger partial charge in [-0.25, -0.2) is 4.39 Å². The molecule has 7 heteroatoms. The first kappa shape index (κ1) is 18.7. The zero-order chi connectivity index (χ0) is 20.3. The van der Waals surface area contributed by atoms with E-state index >= 15 is 0 Å². The van der Waals surface area contributed by atoms with Crippen molar-refractivity contribution in [3.63, 3.8) is 0 Å². The molecule has 2 N–H and O–H groups in total. The van der Waals surface area contributed by atoms with Gasteiger partial charge in [0.1, 0.15) is 17.3 Å². The number of nitrogens with zero attached hydrogens (tertiary/aromatic N) is 3. The molecule has 0 saturated carbocycles. The van der Waals surface area contributed by atoms with E-state index in [9.17, 15) is 4.39 Å². The van der Waals surface area contributed by atoms with E-state index in [-0.39, 0.29) is 5.82 Å². The van der Waals surface area contributed by atoms with Crippen LogP contribution in [-0.4, -0.2) is 39.9 Å². The molecule has 152 valence electrons. The maximum absolute atomic E-state index is 14.3. The molecule has 0 amide bonds. The van der Waals surface area contributed by atoms with Gasteiger partial charge in [0, 0.05) is 23.3 Å². The number of pyridine rings is 2. The van der Waals surface area contributed by atoms with E-state index in [1.807, 2.05) is 12.1 Å². The van der Waals surface area contributed by atoms with E-state index in [1.165, 1.54) is 6.07 Å². The third-order valence-corrected chi connectivity index (χ3v) is 5.57. The highest BCUT2D eigenvalue weighted by atomic mass is 19.1. The Balaban J connectivity index is 1.49. The van der Waals surface area contributed by atoms with Gasteiger partial charge < -0.3 is 10.1 Å². The van der Waals surface area contributed by atoms with Gasteiger partial charge in [0.25, 0.3) is 0 Å². The van der Waals surface area contributed by atoms with Gasteiger partial charge in [-0.3, -0.25) is 15.1 Å². The number of aromatic nitrogens is 4. The van der Waals surface area contributed by atoms with Gasteiger partial charge in [-0.2, -0.15) is 5.10 Å². The van der Waals surface area contributed by atoms with Crippen LogP contribution in [0.1, 0.15) is 12.8 Å². The van der Waals surface area contributed by atoms with Crippen LogP contribution in [0, 0.1) is 11.7 Å². The number of hydrogen-bond donors (Lipinski definition) is 2. The zero-order valence-corrected chi connectivity index (χ0v) is 16.4. The lowest BCUT2D eigenvalue weighted by atomic mass is 9.99. The Kier molecular flexibility index (Phi) is 5.11. The molecule has 1 aliphatic rings. The summed E-state index contributed by atoms with van der Waals surface area (Å²) in [5, 5.41) is 11.4. The van der Waals surface area contributed by atoms with Gasteiger partial charge in [-0.15, -0.1) is 0 Å². The van der Waals surface area contributed by atoms with Crippen LogP contribution >= 0.6 is 0 Å². The van der Waals surface area contributed by atoms with E-state index in [0.29, 0.717) is 23.8 Å². The molecule has 4 heterocycles. The average Bonchev–Trinajstić information content (AvgIpc) is 3.22. The molecule has 6 nitrogen and oxygen atoms in total. The third-order valence-electron chi connectivity index (χ3n) is 5.57. The van der Waals surface area contributed by atoms with Gasteiger partial charge in [0.2, 0.25) is 0 Å². The number of nitrogens with one attached hydrogen (secondary N) is 2. The summed E-state index contributed by atoms with van der Waals surface area (Å²) in [5.41, 5.74) is 3.30. The minimum Gasteiger partial charge on any atom is -0.492 e. The number of aromatic amines is 1. The Morgan fingerprint density at radius 1 is 1.07 bits per heavy atom. The number of fused-ring (bicyclic) bond motifs is 1. The van der Waals surface area contributed by atoms with Gasteiger partial charge in [0.05, 0.1) is 29.6 Å². The molecule has 0 atom stereocenters. The standard InChI is InChI=1S/C23H22FN5O/c24-19-4-2-1-3-16(19)23-17-11-20(27-13-21(17)28-29-23)18-12-26-10-7-22(18)30-14-15-5-8-25-9-6-15/h1-4,7,10-13,15,25H,5-6,8-9,14H2,(H,28,29). The SMILES string of the molecule is Fc1ccccc1-c1n[nH]c2cnc(-c3cnccc3OCC3CCNCC3)cc12. The lowest BCUT2D eigenvalue weighted by Crippen LogP contribution is -2.30. The minimum absolute atomic E-state index is 0.309. The molecule has 30 heavy (non-hydrogen) atoms. The average molecular weight is 403 g/mol. The Labute approximate surface area is 173 Å². The van der Waals surface area contributed by atoms with Crippen molar-refractivity contribution in [1.29, 1.82) is 0 Å². The molecule has 1 saturated heterocycles. The lowest BCUT2D eigenvalue weighted by molar-refractivity contribution is 0.215. The number of rotatable bonds is 5. The van der Waals surface area contributed by atoms with E-state index in [0.717, 1.165) is 53.8 Å². The molecule has 3 aromatic heterocycles. The Hall–Kier alpha value is -3.32. The van der Waals surface area contributed by atoms with E-state index < -0.39 is 0 Å². The highest BCUT2D eigenvalue weighted by molar-refractivity contribution is 5.94. The number of ether oxygens (including phenoxy) is 1. The summed E-state index contributed by atoms with van der Waals surface area (Å²) in [6, 6.07) is 10.4. The Bertz CT molecular complexity index is 1170. The summed E-state index contributed by atoms with van der Waals surface area (Å²) in [5.74, 6) is 0.993. The Morgan fingerprint density at radius 2 is 1.93 bits per heavy atom. The van der Waals surface area contributed by atoms with Crippen LogP contribution in [0.15, 0.2) is 55.0 Å². The smallest absolute Gasteiger partial charge is 0.132 e. The van der Waals surface area contributed by atoms with Crippen molar-refractivity contribution in [2.45, 2.75) is 12.8 Å². The highest BCUT2D eigenvalue weighted by Crippen LogP contribution is 2.33. The van der Waals surface area contributed by atoms with Crippen LogP contribution in [0.2, 0.25) is 0 Å². The first-order valence-electron chi connectivity index (χ1n) is 10.2. The predicted molar refractivity (Wildman–Crippen MR) is 114 cm³/mol. The summed E-state index contributed by atoms with van der Waals surface area (Å²) in [4.78, 5) is 8.83. The van der Waals surface area contributed by atoms with Crippen LogP contribution in [0.4, 0.5) is 4.39 Å². The van der Waals surface area contributed by atoms with Crippen molar-refractivity contribution in [2.24, 2.45) is 5.92 Å². The minimum atomic E-state index is -0.309. The molecule has 5 rings (SSSR count). The molecule has 0 aliphatic carbocycles. The summed E-state index contributed by atoms with van der Waals surface area (Å²) >= 11 is 0. The number of H-pyrrole nitrogens is 1. The predicted octanol–water partition coefficient (Wildman–Crippen LogP) is 4.20. The third kappa shape index (κ3) is 3.64. The molecular formula is C23H22FN5O. The van der Waals surface area contributed by atoms with Crippen LogP contribution in [0.5, 0.6) is 5.75 Å². The van der Waals surface area contributed by atoms with Crippen molar-refractivity contribution < 1.29 is 9.13 Å². The molecule has 0 unspecified atom stereocenters. The second kappa shape index (κ2) is 8.20. The molecule has 0 radical (unpaired) electrons. The molecule has 0 spiro atoms. The van der Waals surface area contributed by atoms with Crippen molar-refractivity contribution in [2.75, 3.05) is 19.7 Å². The number of hydrogen-bond acceptors (Lipinski definition) is 5. The fourth-order valence-corrected chi connectivity index (χ4v) is 3.88. The second-order valence-electron chi connectivity index (χ2n) is 7.54. The monoisotopic (exact) mass is 403 g/mol. The van der Waals surface area contributed by atoms with Crippen molar-refractivity contribution in [3.8, 4) is 28.3 Å². The van der Waals surface area contributed by atoms with Crippen LogP contribution in [-0.2, 0) is 0 Å². The summed E-state index contributed by atoms with van der Waals surface area (Å²) in [6.45, 7) is 2.75. The fourth-order valence-electron chi connectivity index (χ4n) is 3.88. The summed E-state index contributed by atoms with van der Waals surface area (Å²) in [6.07, 6.45) is 7.43. The van der Waals surface area contributed by atoms with Crippen LogP contribution in [0.3, 0.4) is 0 Å². The molecule has 4 aromatic rings. The zero-order valence-electron chi connectivity index (χ0n) is 16.4. The second-order valence-corrected chi connectivity index (χ2v) is 7.54. The van der Waals surface area contributed by atoms with Crippen molar-refractivity contribution >= 4 is 10.9 Å². The van der Waals surface area contributed by atoms with E-state index in [2.05, 4.69) is 25.5 Å². The molecule has 1 aliphatic heterocycles. The van der Waals surface area contributed by atoms with Gasteiger partial charge in [0.15, 0.2) is 0 Å². The fraction of sp³-hybridized carbons (Fsp3) is 0.261. The summed E-state index contributed by atoms with van der Waals surface area (Å²) < 4.78 is 20.5. The largest absolute Gasteiger partial charge is 0.492 e. The molecule has 1 aromatic carbocycles. The van der Waals surface area contributed by atoms with Crippen molar-refractivity contribution in [3.05, 3.63) is 60.8 Å². The molecule has 1 fully saturated rings. The number of piperidine rings is 1. The maximum atomic E-state index is 14.3. The quantitative estimate of drug-likeness (QED) is 0.522. The van der Waals surface area contributed by atoms with Gasteiger partial charge in [-0.05, 0) is 56.1 Å². The maximum Gasteiger partial charge on any atom is 0.132 e. The van der Waals surface area contributed by atoms with Crippen LogP contribution < -0.4 is 10.1 Å². The first-order chi connectivity index (χ1) is 14.8. The van der Waals surface area contributed by atoms with Gasteiger partial charge >= 0.3 is 0 Å². The number of halogens is 1. The Morgan fingerprint density at radius 3 is 2.80 bits per heavy atom.